The number of rotatable bonds is 4. The van der Waals surface area contributed by atoms with Gasteiger partial charge in [-0.25, -0.2) is 0 Å². The van der Waals surface area contributed by atoms with Crippen LogP contribution in [0.5, 0.6) is 0 Å². The Labute approximate surface area is 116 Å². The van der Waals surface area contributed by atoms with Crippen LogP contribution in [0.2, 0.25) is 0 Å². The van der Waals surface area contributed by atoms with Crippen LogP contribution in [0.1, 0.15) is 37.7 Å². The minimum absolute atomic E-state index is 0.293. The zero-order chi connectivity index (χ0) is 13.5. The number of benzene rings is 1. The van der Waals surface area contributed by atoms with E-state index in [4.69, 9.17) is 0 Å². The van der Waals surface area contributed by atoms with Crippen molar-refractivity contribution in [3.05, 3.63) is 29.8 Å². The molecule has 0 bridgehead atoms. The van der Waals surface area contributed by atoms with Crippen molar-refractivity contribution in [3.63, 3.8) is 0 Å². The lowest BCUT2D eigenvalue weighted by Gasteiger charge is -2.20. The molecule has 3 nitrogen and oxygen atoms in total. The number of hydrogen-bond donors (Lipinski definition) is 1. The van der Waals surface area contributed by atoms with Crippen molar-refractivity contribution >= 4 is 11.6 Å². The minimum Gasteiger partial charge on any atom is -0.385 e. The van der Waals surface area contributed by atoms with Crippen LogP contribution in [0.4, 0.5) is 5.69 Å². The number of nitrogens with one attached hydrogen (secondary N) is 1. The summed E-state index contributed by atoms with van der Waals surface area (Å²) in [7, 11) is 0. The second kappa shape index (κ2) is 7.17. The molecule has 1 heterocycles. The number of amides is 1. The standard InChI is InChI=1S/C16H24N2O/c1-14-6-8-15(9-7-14)17-11-10-16(19)18-12-4-2-3-5-13-18/h6-9,17H,2-5,10-13H2,1H3. The number of likely N-dealkylation sites (tertiary alicyclic amines) is 1. The molecule has 0 aliphatic carbocycles. The van der Waals surface area contributed by atoms with Crippen LogP contribution < -0.4 is 5.32 Å². The zero-order valence-electron chi connectivity index (χ0n) is 11.8. The maximum absolute atomic E-state index is 12.1. The van der Waals surface area contributed by atoms with E-state index >= 15 is 0 Å². The minimum atomic E-state index is 0.293. The van der Waals surface area contributed by atoms with Crippen LogP contribution in [0.25, 0.3) is 0 Å². The van der Waals surface area contributed by atoms with Crippen LogP contribution in [0.15, 0.2) is 24.3 Å². The number of aryl methyl sites for hydroxylation is 1. The summed E-state index contributed by atoms with van der Waals surface area (Å²) < 4.78 is 0. The molecule has 1 fully saturated rings. The zero-order valence-corrected chi connectivity index (χ0v) is 11.8. The van der Waals surface area contributed by atoms with Crippen LogP contribution in [-0.4, -0.2) is 30.4 Å². The molecule has 1 aromatic carbocycles. The maximum Gasteiger partial charge on any atom is 0.224 e. The maximum atomic E-state index is 12.1. The molecule has 1 aromatic rings. The molecule has 0 atom stereocenters. The third-order valence-electron chi connectivity index (χ3n) is 3.68. The second-order valence-electron chi connectivity index (χ2n) is 5.34. The van der Waals surface area contributed by atoms with Gasteiger partial charge in [-0.2, -0.15) is 0 Å². The monoisotopic (exact) mass is 260 g/mol. The number of carbonyl (C=O) groups excluding carboxylic acids is 1. The summed E-state index contributed by atoms with van der Waals surface area (Å²) >= 11 is 0. The Balaban J connectivity index is 1.72. The number of carbonyl (C=O) groups is 1. The molecular weight excluding hydrogens is 236 g/mol. The topological polar surface area (TPSA) is 32.3 Å². The molecule has 0 radical (unpaired) electrons. The summed E-state index contributed by atoms with van der Waals surface area (Å²) in [6.07, 6.45) is 5.46. The van der Waals surface area contributed by atoms with Gasteiger partial charge in [0, 0.05) is 31.7 Å². The van der Waals surface area contributed by atoms with Gasteiger partial charge in [-0.1, -0.05) is 30.5 Å². The van der Waals surface area contributed by atoms with E-state index in [1.165, 1.54) is 18.4 Å². The lowest BCUT2D eigenvalue weighted by atomic mass is 10.2. The predicted molar refractivity (Wildman–Crippen MR) is 79.3 cm³/mol. The van der Waals surface area contributed by atoms with E-state index in [1.807, 2.05) is 4.90 Å². The van der Waals surface area contributed by atoms with Crippen LogP contribution >= 0.6 is 0 Å². The van der Waals surface area contributed by atoms with Crippen LogP contribution in [0.3, 0.4) is 0 Å². The molecule has 104 valence electrons. The second-order valence-corrected chi connectivity index (χ2v) is 5.34. The van der Waals surface area contributed by atoms with Crippen molar-refractivity contribution in [2.45, 2.75) is 39.0 Å². The van der Waals surface area contributed by atoms with Gasteiger partial charge in [0.15, 0.2) is 0 Å². The Bertz CT molecular complexity index is 392. The first-order valence-corrected chi connectivity index (χ1v) is 7.34. The molecule has 1 aliphatic rings. The average Bonchev–Trinajstić information content (AvgIpc) is 2.70. The van der Waals surface area contributed by atoms with Gasteiger partial charge in [0.05, 0.1) is 0 Å². The van der Waals surface area contributed by atoms with Gasteiger partial charge in [0.1, 0.15) is 0 Å². The smallest absolute Gasteiger partial charge is 0.224 e. The first kappa shape index (κ1) is 13.9. The van der Waals surface area contributed by atoms with Gasteiger partial charge >= 0.3 is 0 Å². The van der Waals surface area contributed by atoms with Crippen molar-refractivity contribution in [1.82, 2.24) is 4.90 Å². The third-order valence-corrected chi connectivity index (χ3v) is 3.68. The van der Waals surface area contributed by atoms with Crippen LogP contribution in [0, 0.1) is 6.92 Å². The molecule has 2 rings (SSSR count). The van der Waals surface area contributed by atoms with E-state index in [-0.39, 0.29) is 0 Å². The van der Waals surface area contributed by atoms with Gasteiger partial charge in [-0.15, -0.1) is 0 Å². The molecule has 1 aliphatic heterocycles. The molecule has 0 spiro atoms. The first-order valence-electron chi connectivity index (χ1n) is 7.34. The summed E-state index contributed by atoms with van der Waals surface area (Å²) in [4.78, 5) is 14.1. The lowest BCUT2D eigenvalue weighted by molar-refractivity contribution is -0.130. The molecule has 19 heavy (non-hydrogen) atoms. The number of hydrogen-bond acceptors (Lipinski definition) is 2. The highest BCUT2D eigenvalue weighted by Gasteiger charge is 2.14. The number of anilines is 1. The highest BCUT2D eigenvalue weighted by atomic mass is 16.2. The average molecular weight is 260 g/mol. The van der Waals surface area contributed by atoms with E-state index in [0.29, 0.717) is 12.3 Å². The summed E-state index contributed by atoms with van der Waals surface area (Å²) in [5.41, 5.74) is 2.35. The fourth-order valence-electron chi connectivity index (χ4n) is 2.46. The fourth-order valence-corrected chi connectivity index (χ4v) is 2.46. The Hall–Kier alpha value is -1.51. The molecule has 0 unspecified atom stereocenters. The molecular formula is C16H24N2O. The summed E-state index contributed by atoms with van der Waals surface area (Å²) in [6.45, 7) is 4.69. The van der Waals surface area contributed by atoms with Crippen molar-refractivity contribution in [2.75, 3.05) is 25.0 Å². The highest BCUT2D eigenvalue weighted by Crippen LogP contribution is 2.11. The SMILES string of the molecule is Cc1ccc(NCCC(=O)N2CCCCCC2)cc1. The Kier molecular flexibility index (Phi) is 5.25. The lowest BCUT2D eigenvalue weighted by Crippen LogP contribution is -2.32. The number of nitrogens with zero attached hydrogens (tertiary/aromatic N) is 1. The van der Waals surface area contributed by atoms with Crippen molar-refractivity contribution in [1.29, 1.82) is 0 Å². The van der Waals surface area contributed by atoms with Crippen molar-refractivity contribution in [3.8, 4) is 0 Å². The quantitative estimate of drug-likeness (QED) is 0.901. The Morgan fingerprint density at radius 1 is 1.11 bits per heavy atom. The Morgan fingerprint density at radius 3 is 2.37 bits per heavy atom. The van der Waals surface area contributed by atoms with Gasteiger partial charge in [-0.05, 0) is 31.9 Å². The van der Waals surface area contributed by atoms with E-state index in [2.05, 4.69) is 36.5 Å². The van der Waals surface area contributed by atoms with Crippen LogP contribution in [-0.2, 0) is 4.79 Å². The van der Waals surface area contributed by atoms with Gasteiger partial charge in [0.2, 0.25) is 5.91 Å². The predicted octanol–water partition coefficient (Wildman–Crippen LogP) is 3.20. The molecule has 3 heteroatoms. The molecule has 0 saturated carbocycles. The van der Waals surface area contributed by atoms with E-state index in [1.54, 1.807) is 0 Å². The molecule has 0 aromatic heterocycles. The molecule has 1 N–H and O–H groups in total. The van der Waals surface area contributed by atoms with Gasteiger partial charge in [-0.3, -0.25) is 4.79 Å². The largest absolute Gasteiger partial charge is 0.385 e. The normalized spacial score (nSPS) is 15.9. The third kappa shape index (κ3) is 4.58. The van der Waals surface area contributed by atoms with Gasteiger partial charge in [0.25, 0.3) is 0 Å². The van der Waals surface area contributed by atoms with Gasteiger partial charge < -0.3 is 10.2 Å². The fraction of sp³-hybridized carbons (Fsp3) is 0.562. The highest BCUT2D eigenvalue weighted by molar-refractivity contribution is 5.76. The molecule has 1 amide bonds. The Morgan fingerprint density at radius 2 is 1.74 bits per heavy atom. The van der Waals surface area contributed by atoms with E-state index < -0.39 is 0 Å². The van der Waals surface area contributed by atoms with E-state index in [9.17, 15) is 4.79 Å². The first-order chi connectivity index (χ1) is 9.25. The van der Waals surface area contributed by atoms with Crippen molar-refractivity contribution < 1.29 is 4.79 Å². The summed E-state index contributed by atoms with van der Waals surface area (Å²) in [6, 6.07) is 8.29. The summed E-state index contributed by atoms with van der Waals surface area (Å²) in [5.74, 6) is 0.293. The van der Waals surface area contributed by atoms with Crippen molar-refractivity contribution in [2.24, 2.45) is 0 Å². The summed E-state index contributed by atoms with van der Waals surface area (Å²) in [5, 5.41) is 3.31. The van der Waals surface area contributed by atoms with E-state index in [0.717, 1.165) is 38.2 Å². The molecule has 1 saturated heterocycles.